The summed E-state index contributed by atoms with van der Waals surface area (Å²) in [5.41, 5.74) is 1.07. The van der Waals surface area contributed by atoms with Gasteiger partial charge in [-0.15, -0.1) is 0 Å². The fraction of sp³-hybridized carbons (Fsp3) is 0.550. The number of aromatic nitrogens is 2. The predicted molar refractivity (Wildman–Crippen MR) is 108 cm³/mol. The minimum atomic E-state index is 0.0442. The molecule has 7 nitrogen and oxygen atoms in total. The molecule has 0 radical (unpaired) electrons. The quantitative estimate of drug-likeness (QED) is 0.380. The number of guanidine groups is 1. The van der Waals surface area contributed by atoms with Crippen LogP contribution in [0.2, 0.25) is 0 Å². The Morgan fingerprint density at radius 3 is 2.78 bits per heavy atom. The Balaban J connectivity index is 1.69. The summed E-state index contributed by atoms with van der Waals surface area (Å²) in [7, 11) is 1.74. The summed E-state index contributed by atoms with van der Waals surface area (Å²) >= 11 is 0. The Bertz CT molecular complexity index is 761. The second-order valence-electron chi connectivity index (χ2n) is 6.52. The third kappa shape index (κ3) is 6.58. The van der Waals surface area contributed by atoms with Gasteiger partial charge in [0.25, 0.3) is 0 Å². The minimum absolute atomic E-state index is 0.0442. The van der Waals surface area contributed by atoms with E-state index in [0.29, 0.717) is 12.5 Å². The zero-order chi connectivity index (χ0) is 19.5. The molecule has 0 aromatic carbocycles. The number of hydrogen-bond acceptors (Lipinski definition) is 4. The van der Waals surface area contributed by atoms with Crippen LogP contribution in [0.3, 0.4) is 0 Å². The Hall–Kier alpha value is -2.57. The first-order chi connectivity index (χ1) is 13.2. The SMILES string of the molecule is CCC(CC)c1cc(CNC(=NC)NCCCCn2ccccc2=O)on1. The number of nitrogens with one attached hydrogen (secondary N) is 2. The van der Waals surface area contributed by atoms with Crippen molar-refractivity contribution in [2.24, 2.45) is 4.99 Å². The highest BCUT2D eigenvalue weighted by Crippen LogP contribution is 2.22. The molecule has 2 aromatic rings. The van der Waals surface area contributed by atoms with Crippen LogP contribution in [0.4, 0.5) is 0 Å². The summed E-state index contributed by atoms with van der Waals surface area (Å²) in [4.78, 5) is 15.9. The molecule has 0 aliphatic heterocycles. The highest BCUT2D eigenvalue weighted by atomic mass is 16.5. The van der Waals surface area contributed by atoms with Crippen molar-refractivity contribution in [3.63, 3.8) is 0 Å². The lowest BCUT2D eigenvalue weighted by atomic mass is 9.99. The van der Waals surface area contributed by atoms with Gasteiger partial charge in [-0.2, -0.15) is 0 Å². The fourth-order valence-corrected chi connectivity index (χ4v) is 2.96. The van der Waals surface area contributed by atoms with Crippen LogP contribution in [0.5, 0.6) is 0 Å². The molecule has 0 fully saturated rings. The van der Waals surface area contributed by atoms with Gasteiger partial charge in [0.2, 0.25) is 5.56 Å². The van der Waals surface area contributed by atoms with Crippen molar-refractivity contribution in [3.05, 3.63) is 52.3 Å². The van der Waals surface area contributed by atoms with Crippen LogP contribution in [0, 0.1) is 0 Å². The summed E-state index contributed by atoms with van der Waals surface area (Å²) in [5, 5.41) is 10.7. The Kier molecular flexibility index (Phi) is 8.61. The highest BCUT2D eigenvalue weighted by Gasteiger charge is 2.13. The normalized spacial score (nSPS) is 11.8. The molecular formula is C20H31N5O2. The highest BCUT2D eigenvalue weighted by molar-refractivity contribution is 5.79. The van der Waals surface area contributed by atoms with Crippen molar-refractivity contribution in [1.82, 2.24) is 20.4 Å². The number of pyridine rings is 1. The molecule has 0 saturated heterocycles. The molecule has 0 atom stereocenters. The van der Waals surface area contributed by atoms with Gasteiger partial charge in [-0.3, -0.25) is 9.79 Å². The number of hydrogen-bond donors (Lipinski definition) is 2. The third-order valence-electron chi connectivity index (χ3n) is 4.65. The molecule has 0 bridgehead atoms. The molecule has 0 aliphatic carbocycles. The average Bonchev–Trinajstić information content (AvgIpc) is 3.15. The van der Waals surface area contributed by atoms with Gasteiger partial charge in [0.05, 0.1) is 12.2 Å². The number of aryl methyl sites for hydroxylation is 1. The maximum Gasteiger partial charge on any atom is 0.250 e. The van der Waals surface area contributed by atoms with E-state index in [2.05, 4.69) is 34.6 Å². The standard InChI is InChI=1S/C20H31N5O2/c1-4-16(5-2)18-14-17(27-24-18)15-23-20(21-3)22-11-7-9-13-25-12-8-6-10-19(25)26/h6,8,10,12,14,16H,4-5,7,9,11,13,15H2,1-3H3,(H2,21,22,23). The molecule has 0 amide bonds. The molecule has 2 N–H and O–H groups in total. The van der Waals surface area contributed by atoms with Crippen LogP contribution in [0.25, 0.3) is 0 Å². The van der Waals surface area contributed by atoms with Crippen molar-refractivity contribution >= 4 is 5.96 Å². The second-order valence-corrected chi connectivity index (χ2v) is 6.52. The van der Waals surface area contributed by atoms with Gasteiger partial charge in [0, 0.05) is 44.4 Å². The van der Waals surface area contributed by atoms with E-state index in [4.69, 9.17) is 4.52 Å². The monoisotopic (exact) mass is 373 g/mol. The summed E-state index contributed by atoms with van der Waals surface area (Å²) < 4.78 is 7.15. The van der Waals surface area contributed by atoms with E-state index in [-0.39, 0.29) is 5.56 Å². The average molecular weight is 374 g/mol. The first-order valence-corrected chi connectivity index (χ1v) is 9.73. The molecule has 0 aliphatic rings. The maximum atomic E-state index is 11.6. The van der Waals surface area contributed by atoms with Crippen molar-refractivity contribution in [2.75, 3.05) is 13.6 Å². The predicted octanol–water partition coefficient (Wildman–Crippen LogP) is 2.89. The Labute approximate surface area is 160 Å². The molecule has 2 rings (SSSR count). The molecule has 2 aromatic heterocycles. The molecule has 27 heavy (non-hydrogen) atoms. The van der Waals surface area contributed by atoms with Gasteiger partial charge in [0.15, 0.2) is 11.7 Å². The lowest BCUT2D eigenvalue weighted by Crippen LogP contribution is -2.37. The van der Waals surface area contributed by atoms with Gasteiger partial charge in [-0.05, 0) is 31.7 Å². The van der Waals surface area contributed by atoms with E-state index in [1.54, 1.807) is 23.7 Å². The molecule has 0 saturated carbocycles. The third-order valence-corrected chi connectivity index (χ3v) is 4.65. The van der Waals surface area contributed by atoms with Crippen molar-refractivity contribution in [1.29, 1.82) is 0 Å². The second kappa shape index (κ2) is 11.2. The smallest absolute Gasteiger partial charge is 0.250 e. The van der Waals surface area contributed by atoms with Crippen molar-refractivity contribution < 1.29 is 4.52 Å². The summed E-state index contributed by atoms with van der Waals surface area (Å²) in [6.07, 6.45) is 5.82. The van der Waals surface area contributed by atoms with Gasteiger partial charge in [-0.1, -0.05) is 25.1 Å². The number of unbranched alkanes of at least 4 members (excludes halogenated alkanes) is 1. The van der Waals surface area contributed by atoms with Crippen LogP contribution in [0.15, 0.2) is 44.8 Å². The van der Waals surface area contributed by atoms with E-state index in [9.17, 15) is 4.79 Å². The van der Waals surface area contributed by atoms with Crippen molar-refractivity contribution in [2.45, 2.75) is 58.5 Å². The zero-order valence-electron chi connectivity index (χ0n) is 16.6. The van der Waals surface area contributed by atoms with Crippen LogP contribution >= 0.6 is 0 Å². The van der Waals surface area contributed by atoms with Gasteiger partial charge in [-0.25, -0.2) is 0 Å². The minimum Gasteiger partial charge on any atom is -0.359 e. The first-order valence-electron chi connectivity index (χ1n) is 9.73. The van der Waals surface area contributed by atoms with Gasteiger partial charge < -0.3 is 19.7 Å². The van der Waals surface area contributed by atoms with Gasteiger partial charge in [0.1, 0.15) is 0 Å². The number of rotatable bonds is 10. The molecule has 148 valence electrons. The lowest BCUT2D eigenvalue weighted by molar-refractivity contribution is 0.368. The number of nitrogens with zero attached hydrogens (tertiary/aromatic N) is 3. The summed E-state index contributed by atoms with van der Waals surface area (Å²) in [6, 6.07) is 7.25. The van der Waals surface area contributed by atoms with E-state index in [1.807, 2.05) is 18.3 Å². The van der Waals surface area contributed by atoms with Crippen LogP contribution in [-0.2, 0) is 13.1 Å². The van der Waals surface area contributed by atoms with Crippen LogP contribution in [-0.4, -0.2) is 29.3 Å². The molecule has 7 heteroatoms. The summed E-state index contributed by atoms with van der Waals surface area (Å²) in [6.45, 7) is 6.40. The first kappa shape index (κ1) is 20.7. The fourth-order valence-electron chi connectivity index (χ4n) is 2.96. The van der Waals surface area contributed by atoms with E-state index in [1.165, 1.54) is 0 Å². The van der Waals surface area contributed by atoms with Crippen LogP contribution in [0.1, 0.15) is 56.9 Å². The summed E-state index contributed by atoms with van der Waals surface area (Å²) in [5.74, 6) is 1.99. The Morgan fingerprint density at radius 2 is 2.07 bits per heavy atom. The molecule has 0 unspecified atom stereocenters. The largest absolute Gasteiger partial charge is 0.359 e. The Morgan fingerprint density at radius 1 is 1.26 bits per heavy atom. The van der Waals surface area contributed by atoms with Gasteiger partial charge >= 0.3 is 0 Å². The zero-order valence-corrected chi connectivity index (χ0v) is 16.6. The van der Waals surface area contributed by atoms with E-state index < -0.39 is 0 Å². The van der Waals surface area contributed by atoms with Crippen LogP contribution < -0.4 is 16.2 Å². The maximum absolute atomic E-state index is 11.6. The van der Waals surface area contributed by atoms with E-state index >= 15 is 0 Å². The molecule has 0 spiro atoms. The molecular weight excluding hydrogens is 342 g/mol. The van der Waals surface area contributed by atoms with E-state index in [0.717, 1.165) is 56.2 Å². The van der Waals surface area contributed by atoms with Crippen molar-refractivity contribution in [3.8, 4) is 0 Å². The number of aliphatic imine (C=N–C) groups is 1. The lowest BCUT2D eigenvalue weighted by Gasteiger charge is -2.11. The topological polar surface area (TPSA) is 84.5 Å². The molecule has 2 heterocycles.